The fourth-order valence-corrected chi connectivity index (χ4v) is 2.69. The van der Waals surface area contributed by atoms with Gasteiger partial charge in [0, 0.05) is 31.4 Å². The highest BCUT2D eigenvalue weighted by atomic mass is 16.6. The molecule has 0 N–H and O–H groups in total. The van der Waals surface area contributed by atoms with Crippen molar-refractivity contribution in [1.29, 1.82) is 5.26 Å². The van der Waals surface area contributed by atoms with Crippen LogP contribution in [0.3, 0.4) is 0 Å². The monoisotopic (exact) mass is 375 g/mol. The van der Waals surface area contributed by atoms with E-state index in [1.165, 1.54) is 6.20 Å². The highest BCUT2D eigenvalue weighted by Gasteiger charge is 2.49. The van der Waals surface area contributed by atoms with Crippen LogP contribution < -0.4 is 0 Å². The van der Waals surface area contributed by atoms with Gasteiger partial charge < -0.3 is 14.4 Å². The molecule has 0 saturated heterocycles. The smallest absolute Gasteiger partial charge is 0.324 e. The Bertz CT molecular complexity index is 707. The van der Waals surface area contributed by atoms with Crippen molar-refractivity contribution < 1.29 is 23.9 Å². The lowest BCUT2D eigenvalue weighted by Gasteiger charge is -2.26. The van der Waals surface area contributed by atoms with Crippen molar-refractivity contribution in [3.63, 3.8) is 0 Å². The summed E-state index contributed by atoms with van der Waals surface area (Å²) in [6.07, 6.45) is 0.835. The summed E-state index contributed by atoms with van der Waals surface area (Å²) in [4.78, 5) is 43.0. The maximum absolute atomic E-state index is 12.4. The van der Waals surface area contributed by atoms with Gasteiger partial charge in [-0.05, 0) is 32.9 Å². The van der Waals surface area contributed by atoms with Crippen LogP contribution in [0.1, 0.15) is 43.2 Å². The second kappa shape index (κ2) is 10.3. The Morgan fingerprint density at radius 3 is 2.30 bits per heavy atom. The highest BCUT2D eigenvalue weighted by Crippen LogP contribution is 2.30. The van der Waals surface area contributed by atoms with Crippen LogP contribution in [0, 0.1) is 16.7 Å². The van der Waals surface area contributed by atoms with E-state index in [0.717, 1.165) is 7.11 Å². The molecule has 1 aromatic heterocycles. The molecule has 0 aliphatic carbocycles. The van der Waals surface area contributed by atoms with Crippen LogP contribution in [0.5, 0.6) is 0 Å². The maximum atomic E-state index is 12.4. The van der Waals surface area contributed by atoms with Gasteiger partial charge in [0.25, 0.3) is 5.91 Å². The number of rotatable bonds is 9. The van der Waals surface area contributed by atoms with Gasteiger partial charge in [-0.25, -0.2) is 0 Å². The molecule has 0 aromatic carbocycles. The molecule has 0 saturated carbocycles. The first-order chi connectivity index (χ1) is 12.9. The summed E-state index contributed by atoms with van der Waals surface area (Å²) in [5, 5.41) is 9.14. The first kappa shape index (κ1) is 22.1. The maximum Gasteiger partial charge on any atom is 0.324 e. The van der Waals surface area contributed by atoms with Crippen LogP contribution in [-0.2, 0) is 25.5 Å². The van der Waals surface area contributed by atoms with Gasteiger partial charge in [0.1, 0.15) is 0 Å². The normalized spacial score (nSPS) is 12.4. The Morgan fingerprint density at radius 1 is 1.19 bits per heavy atom. The predicted octanol–water partition coefficient (Wildman–Crippen LogP) is 1.74. The molecule has 1 heterocycles. The minimum atomic E-state index is -1.79. The number of carbonyl (C=O) groups excluding carboxylic acids is 3. The molecule has 0 aliphatic rings. The Hall–Kier alpha value is -2.95. The predicted molar refractivity (Wildman–Crippen MR) is 96.5 cm³/mol. The molecule has 8 nitrogen and oxygen atoms in total. The van der Waals surface area contributed by atoms with Crippen molar-refractivity contribution in [2.75, 3.05) is 26.8 Å². The minimum Gasteiger partial charge on any atom is -0.468 e. The van der Waals surface area contributed by atoms with Crippen molar-refractivity contribution in [1.82, 2.24) is 9.88 Å². The number of aromatic nitrogens is 1. The van der Waals surface area contributed by atoms with Crippen molar-refractivity contribution in [2.24, 2.45) is 5.41 Å². The molecule has 0 radical (unpaired) electrons. The second-order valence-electron chi connectivity index (χ2n) is 5.82. The molecule has 1 aromatic rings. The van der Waals surface area contributed by atoms with Crippen LogP contribution >= 0.6 is 0 Å². The molecule has 27 heavy (non-hydrogen) atoms. The van der Waals surface area contributed by atoms with Crippen LogP contribution in [0.2, 0.25) is 0 Å². The molecule has 1 atom stereocenters. The standard InChI is InChI=1S/C19H25N3O5/c1-5-22(6-2)16(23)14-8-9-15(21-13-14)12-19(10-11-20,17(24)26-4)18(25)27-7-3/h8-9,13H,5-7,10,12H2,1-4H3. The fourth-order valence-electron chi connectivity index (χ4n) is 2.69. The summed E-state index contributed by atoms with van der Waals surface area (Å²) < 4.78 is 9.75. The third kappa shape index (κ3) is 5.03. The average molecular weight is 375 g/mol. The van der Waals surface area contributed by atoms with Gasteiger partial charge in [0.2, 0.25) is 0 Å². The number of nitrogens with zero attached hydrogens (tertiary/aromatic N) is 3. The number of ether oxygens (including phenoxy) is 2. The highest BCUT2D eigenvalue weighted by molar-refractivity contribution is 6.00. The Labute approximate surface area is 159 Å². The third-order valence-electron chi connectivity index (χ3n) is 4.23. The van der Waals surface area contributed by atoms with E-state index in [1.807, 2.05) is 19.9 Å². The zero-order valence-electron chi connectivity index (χ0n) is 16.2. The number of esters is 2. The van der Waals surface area contributed by atoms with Gasteiger partial charge in [0.15, 0.2) is 5.41 Å². The van der Waals surface area contributed by atoms with Gasteiger partial charge in [-0.1, -0.05) is 0 Å². The van der Waals surface area contributed by atoms with E-state index in [2.05, 4.69) is 4.98 Å². The minimum absolute atomic E-state index is 0.0632. The van der Waals surface area contributed by atoms with E-state index in [4.69, 9.17) is 14.7 Å². The summed E-state index contributed by atoms with van der Waals surface area (Å²) in [5.74, 6) is -1.84. The Balaban J connectivity index is 3.18. The van der Waals surface area contributed by atoms with Crippen molar-refractivity contribution >= 4 is 17.8 Å². The summed E-state index contributed by atoms with van der Waals surface area (Å²) in [7, 11) is 1.15. The van der Waals surface area contributed by atoms with E-state index in [9.17, 15) is 14.4 Å². The second-order valence-corrected chi connectivity index (χ2v) is 5.82. The third-order valence-corrected chi connectivity index (χ3v) is 4.23. The SMILES string of the molecule is CCOC(=O)C(CC#N)(Cc1ccc(C(=O)N(CC)CC)cn1)C(=O)OC. The number of hydrogen-bond acceptors (Lipinski definition) is 7. The lowest BCUT2D eigenvalue weighted by atomic mass is 9.80. The molecule has 0 aliphatic heterocycles. The molecule has 146 valence electrons. The number of carbonyl (C=O) groups is 3. The quantitative estimate of drug-likeness (QED) is 0.477. The van der Waals surface area contributed by atoms with E-state index in [-0.39, 0.29) is 18.9 Å². The average Bonchev–Trinajstić information content (AvgIpc) is 2.68. The van der Waals surface area contributed by atoms with Gasteiger partial charge in [0.05, 0.1) is 31.8 Å². The number of amides is 1. The summed E-state index contributed by atoms with van der Waals surface area (Å²) in [6.45, 7) is 6.59. The molecule has 0 fully saturated rings. The van der Waals surface area contributed by atoms with Gasteiger partial charge in [-0.2, -0.15) is 5.26 Å². The van der Waals surface area contributed by atoms with Crippen molar-refractivity contribution in [2.45, 2.75) is 33.6 Å². The van der Waals surface area contributed by atoms with Gasteiger partial charge in [-0.3, -0.25) is 19.4 Å². The molecule has 1 amide bonds. The first-order valence-corrected chi connectivity index (χ1v) is 8.76. The number of hydrogen-bond donors (Lipinski definition) is 0. The van der Waals surface area contributed by atoms with Crippen LogP contribution in [0.4, 0.5) is 0 Å². The molecule has 0 bridgehead atoms. The Morgan fingerprint density at radius 2 is 1.85 bits per heavy atom. The Kier molecular flexibility index (Phi) is 8.39. The van der Waals surface area contributed by atoms with E-state index in [1.54, 1.807) is 24.0 Å². The van der Waals surface area contributed by atoms with E-state index in [0.29, 0.717) is 24.3 Å². The molecule has 0 spiro atoms. The summed E-state index contributed by atoms with van der Waals surface area (Å²) in [6, 6.07) is 5.00. The lowest BCUT2D eigenvalue weighted by Crippen LogP contribution is -2.43. The van der Waals surface area contributed by atoms with Gasteiger partial charge in [-0.15, -0.1) is 0 Å². The molecule has 1 unspecified atom stereocenters. The molecular formula is C19H25N3O5. The lowest BCUT2D eigenvalue weighted by molar-refractivity contribution is -0.170. The van der Waals surface area contributed by atoms with E-state index >= 15 is 0 Å². The largest absolute Gasteiger partial charge is 0.468 e. The number of methoxy groups -OCH3 is 1. The van der Waals surface area contributed by atoms with E-state index < -0.39 is 23.8 Å². The van der Waals surface area contributed by atoms with Crippen molar-refractivity contribution in [3.05, 3.63) is 29.6 Å². The molecule has 8 heteroatoms. The first-order valence-electron chi connectivity index (χ1n) is 8.76. The summed E-state index contributed by atoms with van der Waals surface area (Å²) >= 11 is 0. The zero-order chi connectivity index (χ0) is 20.4. The molecular weight excluding hydrogens is 350 g/mol. The van der Waals surface area contributed by atoms with Crippen LogP contribution in [-0.4, -0.2) is 54.5 Å². The van der Waals surface area contributed by atoms with Crippen molar-refractivity contribution in [3.8, 4) is 6.07 Å². The zero-order valence-corrected chi connectivity index (χ0v) is 16.2. The fraction of sp³-hybridized carbons (Fsp3) is 0.526. The molecule has 1 rings (SSSR count). The number of pyridine rings is 1. The van der Waals surface area contributed by atoms with Crippen LogP contribution in [0.15, 0.2) is 18.3 Å². The topological polar surface area (TPSA) is 110 Å². The number of nitriles is 1. The van der Waals surface area contributed by atoms with Crippen LogP contribution in [0.25, 0.3) is 0 Å². The van der Waals surface area contributed by atoms with Gasteiger partial charge >= 0.3 is 11.9 Å². The summed E-state index contributed by atoms with van der Waals surface area (Å²) in [5.41, 5.74) is -1.01.